The van der Waals surface area contributed by atoms with Crippen molar-refractivity contribution >= 4 is 103 Å². The molecule has 4 rings (SSSR count). The van der Waals surface area contributed by atoms with Crippen LogP contribution in [0.25, 0.3) is 32.3 Å². The summed E-state index contributed by atoms with van der Waals surface area (Å²) in [6, 6.07) is 16.4. The maximum atomic E-state index is 9.86. The molecule has 0 heterocycles. The van der Waals surface area contributed by atoms with Crippen LogP contribution in [0.4, 0.5) is 0 Å². The third kappa shape index (κ3) is 53.3. The van der Waals surface area contributed by atoms with Gasteiger partial charge in [-0.1, -0.05) is 458 Å². The first-order valence-corrected chi connectivity index (χ1v) is 55.4. The highest BCUT2D eigenvalue weighted by Crippen LogP contribution is 2.48. The van der Waals surface area contributed by atoms with Crippen LogP contribution in [-0.2, 0) is 0 Å². The number of aliphatic hydroxyl groups excluding tert-OH is 1. The van der Waals surface area contributed by atoms with Crippen LogP contribution in [0.2, 0.25) is 0 Å². The second-order valence-corrected chi connectivity index (χ2v) is 41.2. The Morgan fingerprint density at radius 3 is 0.355 bits per heavy atom. The number of fused-ring (bicyclic) bond motifs is 6. The van der Waals surface area contributed by atoms with E-state index in [1.165, 1.54) is 520 Å². The molecule has 0 unspecified atom stereocenters. The Bertz CT molecular complexity index is 2580. The molecule has 0 fully saturated rings. The van der Waals surface area contributed by atoms with E-state index in [1.54, 1.807) is 19.6 Å². The predicted octanol–water partition coefficient (Wildman–Crippen LogP) is 39.3. The summed E-state index contributed by atoms with van der Waals surface area (Å²) in [5.74, 6) is 7.20. The van der Waals surface area contributed by atoms with E-state index < -0.39 is 0 Å². The average molecular weight is 1630 g/mol. The van der Waals surface area contributed by atoms with E-state index in [0.717, 1.165) is 25.0 Å². The number of aliphatic hydroxyl groups is 1. The van der Waals surface area contributed by atoms with E-state index in [2.05, 4.69) is 142 Å². The fourth-order valence-corrected chi connectivity index (χ4v) is 23.5. The lowest BCUT2D eigenvalue weighted by Gasteiger charge is -2.20. The molecule has 4 aromatic carbocycles. The van der Waals surface area contributed by atoms with Gasteiger partial charge in [-0.05, 0) is 148 Å². The van der Waals surface area contributed by atoms with Crippen LogP contribution in [-0.4, -0.2) is 46.2 Å². The zero-order valence-corrected chi connectivity index (χ0v) is 78.8. The Labute approximate surface area is 712 Å². The van der Waals surface area contributed by atoms with E-state index in [1.807, 2.05) is 0 Å². The normalized spacial score (nSPS) is 11.9. The minimum atomic E-state index is 0.304. The Morgan fingerprint density at radius 1 is 0.145 bits per heavy atom. The second-order valence-electron chi connectivity index (χ2n) is 34.4. The SMILES string of the molecule is CCCCCCCCCCCCCCCCSc1cc2c(cc1SCCCCCO)c1cc(SCCCCCCCCCCCCCCCC)c(SCCCCCCCCCCCCCCCC)cc1c1cc(SCCCCCCCCCCCCCCCC)c(SCCCCCCCCCCCCCCCC)cc21. The molecule has 0 atom stereocenters. The van der Waals surface area contributed by atoms with E-state index in [9.17, 15) is 5.11 Å². The van der Waals surface area contributed by atoms with Crippen molar-refractivity contribution in [3.63, 3.8) is 0 Å². The predicted molar refractivity (Wildman–Crippen MR) is 516 cm³/mol. The highest BCUT2D eigenvalue weighted by Gasteiger charge is 2.20. The first-order chi connectivity index (χ1) is 54.6. The van der Waals surface area contributed by atoms with Gasteiger partial charge in [0.25, 0.3) is 0 Å². The molecule has 0 saturated heterocycles. The lowest BCUT2D eigenvalue weighted by atomic mass is 9.94. The van der Waals surface area contributed by atoms with Crippen LogP contribution in [0, 0.1) is 0 Å². The molecular weight excluding hydrogens is 1450 g/mol. The molecule has 7 heteroatoms. The zero-order valence-electron chi connectivity index (χ0n) is 73.9. The third-order valence-electron chi connectivity index (χ3n) is 24.0. The molecule has 636 valence electrons. The Hall–Kier alpha value is -0.280. The van der Waals surface area contributed by atoms with Gasteiger partial charge >= 0.3 is 0 Å². The summed E-state index contributed by atoms with van der Waals surface area (Å²) in [4.78, 5) is 9.22. The van der Waals surface area contributed by atoms with Crippen molar-refractivity contribution in [2.24, 2.45) is 0 Å². The molecule has 0 saturated carbocycles. The van der Waals surface area contributed by atoms with E-state index in [4.69, 9.17) is 0 Å². The topological polar surface area (TPSA) is 20.2 Å². The zero-order chi connectivity index (χ0) is 78.0. The molecule has 1 nitrogen and oxygen atoms in total. The lowest BCUT2D eigenvalue weighted by molar-refractivity contribution is 0.284. The largest absolute Gasteiger partial charge is 0.396 e. The monoisotopic (exact) mass is 1630 g/mol. The second kappa shape index (κ2) is 77.3. The maximum Gasteiger partial charge on any atom is 0.0431 e. The van der Waals surface area contributed by atoms with Crippen LogP contribution in [0.15, 0.2) is 65.8 Å². The van der Waals surface area contributed by atoms with Gasteiger partial charge in [0.05, 0.1) is 0 Å². The quantitative estimate of drug-likeness (QED) is 0.0267. The summed E-state index contributed by atoms with van der Waals surface area (Å²) in [5.41, 5.74) is 0. The molecule has 0 aromatic heterocycles. The van der Waals surface area contributed by atoms with Crippen molar-refractivity contribution < 1.29 is 5.11 Å². The summed E-state index contributed by atoms with van der Waals surface area (Å²) in [6.07, 6.45) is 102. The molecule has 0 aliphatic heterocycles. The molecule has 1 N–H and O–H groups in total. The van der Waals surface area contributed by atoms with Crippen molar-refractivity contribution in [1.82, 2.24) is 0 Å². The molecule has 4 aromatic rings. The number of thioether (sulfide) groups is 6. The smallest absolute Gasteiger partial charge is 0.0431 e. The van der Waals surface area contributed by atoms with E-state index >= 15 is 0 Å². The van der Waals surface area contributed by atoms with Crippen molar-refractivity contribution in [2.45, 2.75) is 533 Å². The molecule has 0 amide bonds. The Balaban J connectivity index is 1.68. The van der Waals surface area contributed by atoms with E-state index in [0.29, 0.717) is 6.61 Å². The molecule has 0 radical (unpaired) electrons. The number of benzene rings is 4. The van der Waals surface area contributed by atoms with E-state index in [-0.39, 0.29) is 0 Å². The Morgan fingerprint density at radius 2 is 0.245 bits per heavy atom. The average Bonchev–Trinajstić information content (AvgIpc) is 0.727. The summed E-state index contributed by atoms with van der Waals surface area (Å²) in [6.45, 7) is 12.0. The van der Waals surface area contributed by atoms with Gasteiger partial charge in [0.15, 0.2) is 0 Å². The van der Waals surface area contributed by atoms with Crippen LogP contribution >= 0.6 is 70.6 Å². The van der Waals surface area contributed by atoms with Crippen molar-refractivity contribution in [3.8, 4) is 0 Å². The van der Waals surface area contributed by atoms with Gasteiger partial charge in [-0.2, -0.15) is 0 Å². The highest BCUT2D eigenvalue weighted by molar-refractivity contribution is 8.03. The third-order valence-corrected chi connectivity index (χ3v) is 31.2. The number of unbranched alkanes of at least 4 members (excludes halogenated alkanes) is 67. The lowest BCUT2D eigenvalue weighted by Crippen LogP contribution is -1.94. The van der Waals surface area contributed by atoms with Gasteiger partial charge < -0.3 is 5.11 Å². The summed E-state index contributed by atoms with van der Waals surface area (Å²) in [7, 11) is 0. The summed E-state index contributed by atoms with van der Waals surface area (Å²) >= 11 is 13.1. The number of rotatable bonds is 86. The van der Waals surface area contributed by atoms with Gasteiger partial charge in [0.1, 0.15) is 0 Å². The molecule has 0 bridgehead atoms. The maximum absolute atomic E-state index is 9.86. The first-order valence-electron chi connectivity index (χ1n) is 49.5. The van der Waals surface area contributed by atoms with Crippen LogP contribution in [0.1, 0.15) is 503 Å². The van der Waals surface area contributed by atoms with Gasteiger partial charge in [-0.3, -0.25) is 0 Å². The van der Waals surface area contributed by atoms with Crippen molar-refractivity contribution in [1.29, 1.82) is 0 Å². The van der Waals surface area contributed by atoms with Gasteiger partial charge in [-0.15, -0.1) is 70.6 Å². The summed E-state index contributed by atoms with van der Waals surface area (Å²) in [5, 5.41) is 18.8. The summed E-state index contributed by atoms with van der Waals surface area (Å²) < 4.78 is 0. The van der Waals surface area contributed by atoms with Crippen molar-refractivity contribution in [3.05, 3.63) is 36.4 Å². The standard InChI is InChI=1S/C103H182OS6/c1-6-11-16-21-26-31-36-41-46-51-56-61-66-73-80-105-98-86-92-93-87-99(106-81-74-67-62-57-52-47-42-37-32-27-22-17-12-7-2)101(108-83-76-69-64-59-54-49-44-39-34-29-24-19-14-9-4)89-95(93)97-91-103(110-85-78-71-72-79-104)102(109-84-77-70-65-60-55-50-45-40-35-30-25-20-15-10-5)90-96(97)94(92)88-100(98)107-82-75-68-63-58-53-48-43-38-33-28-23-18-13-8-3/h86-91,104H,6-85H2,1-5H3. The molecule has 0 aliphatic carbocycles. The van der Waals surface area contributed by atoms with Crippen molar-refractivity contribution in [2.75, 3.05) is 41.1 Å². The Kier molecular flexibility index (Phi) is 71.8. The fraction of sp³-hybridized carbons (Fsp3) is 0.825. The number of hydrogen-bond donors (Lipinski definition) is 1. The fourth-order valence-electron chi connectivity index (χ4n) is 16.7. The van der Waals surface area contributed by atoms with Crippen LogP contribution in [0.5, 0.6) is 0 Å². The van der Waals surface area contributed by atoms with Gasteiger partial charge in [-0.25, -0.2) is 0 Å². The molecule has 0 aliphatic rings. The molecular formula is C103H182OS6. The van der Waals surface area contributed by atoms with Crippen LogP contribution < -0.4 is 0 Å². The highest BCUT2D eigenvalue weighted by atomic mass is 32.2. The van der Waals surface area contributed by atoms with Gasteiger partial charge in [0, 0.05) is 36.0 Å². The van der Waals surface area contributed by atoms with Gasteiger partial charge in [0.2, 0.25) is 0 Å². The van der Waals surface area contributed by atoms with Crippen LogP contribution in [0.3, 0.4) is 0 Å². The number of hydrogen-bond acceptors (Lipinski definition) is 7. The molecule has 0 spiro atoms. The minimum absolute atomic E-state index is 0.304. The first kappa shape index (κ1) is 102. The molecule has 110 heavy (non-hydrogen) atoms. The minimum Gasteiger partial charge on any atom is -0.396 e.